The Hall–Kier alpha value is -4.85. The van der Waals surface area contributed by atoms with Crippen molar-refractivity contribution < 1.29 is 38.1 Å². The maximum Gasteiger partial charge on any atom is 0.343 e. The second kappa shape index (κ2) is 18.5. The molecule has 48 heavy (non-hydrogen) atoms. The van der Waals surface area contributed by atoms with Crippen LogP contribution in [0.1, 0.15) is 88.4 Å². The molecule has 254 valence electrons. The van der Waals surface area contributed by atoms with Gasteiger partial charge in [0, 0.05) is 24.5 Å². The van der Waals surface area contributed by atoms with Crippen LogP contribution in [0.25, 0.3) is 11.1 Å². The highest BCUT2D eigenvalue weighted by atomic mass is 16.7. The number of rotatable bonds is 19. The highest BCUT2D eigenvalue weighted by Crippen LogP contribution is 2.29. The number of benzene rings is 3. The number of cyclic esters (lactones) is 1. The lowest BCUT2D eigenvalue weighted by Gasteiger charge is -2.24. The van der Waals surface area contributed by atoms with Crippen molar-refractivity contribution in [2.45, 2.75) is 96.6 Å². The van der Waals surface area contributed by atoms with Crippen molar-refractivity contribution in [1.82, 2.24) is 0 Å². The zero-order chi connectivity index (χ0) is 34.3. The van der Waals surface area contributed by atoms with Gasteiger partial charge in [-0.1, -0.05) is 83.4 Å². The second-order valence-corrected chi connectivity index (χ2v) is 11.9. The molecule has 0 saturated carbocycles. The molecule has 0 bridgehead atoms. The van der Waals surface area contributed by atoms with Crippen LogP contribution in [0.3, 0.4) is 0 Å². The van der Waals surface area contributed by atoms with Gasteiger partial charge in [-0.15, -0.1) is 0 Å². The van der Waals surface area contributed by atoms with E-state index in [4.69, 9.17) is 23.7 Å². The van der Waals surface area contributed by atoms with E-state index in [0.717, 1.165) is 42.9 Å². The summed E-state index contributed by atoms with van der Waals surface area (Å²) in [6.45, 7) is 11.4. The smallest absolute Gasteiger partial charge is 0.343 e. The average Bonchev–Trinajstić information content (AvgIpc) is 3.44. The summed E-state index contributed by atoms with van der Waals surface area (Å²) < 4.78 is 28.6. The van der Waals surface area contributed by atoms with Gasteiger partial charge in [-0.25, -0.2) is 14.4 Å². The molecular weight excluding hydrogens is 608 g/mol. The molecule has 8 heteroatoms. The standard InChI is InChI=1S/C40H46O8/c1-5-8-9-10-11-12-14-35(36-27-28(4)39(42)47-36)44-32-25-19-31(20-26-32)40(43)46-34-23-17-30(18-24-34)29-15-21-33(22-16-29)45-38(13-6-2)48-37(41)7-3/h7,15-26,35-36,38H,3-6,8-14,27H2,1-2H3. The fraction of sp³-hybridized carbons (Fsp3) is 0.375. The molecule has 3 atom stereocenters. The molecule has 1 heterocycles. The van der Waals surface area contributed by atoms with Crippen LogP contribution in [0.4, 0.5) is 0 Å². The first-order chi connectivity index (χ1) is 23.3. The van der Waals surface area contributed by atoms with E-state index in [9.17, 15) is 14.4 Å². The van der Waals surface area contributed by atoms with Gasteiger partial charge in [0.05, 0.1) is 5.56 Å². The minimum Gasteiger partial charge on any atom is -0.487 e. The van der Waals surface area contributed by atoms with Gasteiger partial charge in [-0.3, -0.25) is 0 Å². The summed E-state index contributed by atoms with van der Waals surface area (Å²) in [6, 6.07) is 21.5. The Morgan fingerprint density at radius 2 is 1.38 bits per heavy atom. The van der Waals surface area contributed by atoms with Crippen molar-refractivity contribution in [3.05, 3.63) is 103 Å². The molecule has 1 fully saturated rings. The minimum absolute atomic E-state index is 0.292. The monoisotopic (exact) mass is 654 g/mol. The number of carbonyl (C=O) groups is 3. The molecule has 1 saturated heterocycles. The minimum atomic E-state index is -0.685. The lowest BCUT2D eigenvalue weighted by Crippen LogP contribution is -2.31. The van der Waals surface area contributed by atoms with Gasteiger partial charge in [0.15, 0.2) is 0 Å². The third-order valence-corrected chi connectivity index (χ3v) is 8.09. The van der Waals surface area contributed by atoms with Crippen molar-refractivity contribution in [3.63, 3.8) is 0 Å². The Kier molecular flexibility index (Phi) is 13.9. The first-order valence-electron chi connectivity index (χ1n) is 16.9. The Morgan fingerprint density at radius 3 is 1.96 bits per heavy atom. The largest absolute Gasteiger partial charge is 0.487 e. The molecule has 8 nitrogen and oxygen atoms in total. The van der Waals surface area contributed by atoms with Crippen molar-refractivity contribution in [1.29, 1.82) is 0 Å². The summed E-state index contributed by atoms with van der Waals surface area (Å²) in [6.07, 6.45) is 9.27. The summed E-state index contributed by atoms with van der Waals surface area (Å²) in [7, 11) is 0. The molecule has 1 aliphatic heterocycles. The van der Waals surface area contributed by atoms with Crippen LogP contribution in [-0.4, -0.2) is 36.4 Å². The topological polar surface area (TPSA) is 97.4 Å². The van der Waals surface area contributed by atoms with E-state index < -0.39 is 18.2 Å². The van der Waals surface area contributed by atoms with Gasteiger partial charge in [-0.05, 0) is 78.9 Å². The number of hydrogen-bond acceptors (Lipinski definition) is 8. The van der Waals surface area contributed by atoms with Crippen LogP contribution >= 0.6 is 0 Å². The average molecular weight is 655 g/mol. The molecule has 3 aromatic rings. The summed E-state index contributed by atoms with van der Waals surface area (Å²) in [5, 5.41) is 0. The Balaban J connectivity index is 1.31. The van der Waals surface area contributed by atoms with Crippen LogP contribution < -0.4 is 14.2 Å². The first-order valence-corrected chi connectivity index (χ1v) is 16.9. The first kappa shape index (κ1) is 36.0. The molecule has 0 radical (unpaired) electrons. The van der Waals surface area contributed by atoms with E-state index in [1.54, 1.807) is 36.4 Å². The number of esters is 3. The number of hydrogen-bond donors (Lipinski definition) is 0. The van der Waals surface area contributed by atoms with Crippen LogP contribution in [0.5, 0.6) is 17.2 Å². The van der Waals surface area contributed by atoms with E-state index in [1.165, 1.54) is 25.7 Å². The molecule has 4 rings (SSSR count). The van der Waals surface area contributed by atoms with E-state index in [-0.39, 0.29) is 18.2 Å². The lowest BCUT2D eigenvalue weighted by atomic mass is 10.0. The predicted molar refractivity (Wildman–Crippen MR) is 185 cm³/mol. The van der Waals surface area contributed by atoms with Gasteiger partial charge < -0.3 is 23.7 Å². The number of carbonyl (C=O) groups excluding carboxylic acids is 3. The summed E-state index contributed by atoms with van der Waals surface area (Å²) in [5.74, 6) is 0.210. The molecular formula is C40H46O8. The number of unbranched alkanes of at least 4 members (excludes halogenated alkanes) is 5. The highest BCUT2D eigenvalue weighted by Gasteiger charge is 2.35. The molecule has 0 aliphatic carbocycles. The SMILES string of the molecule is C=CC(=O)OC(CCC)Oc1ccc(-c2ccc(OC(=O)c3ccc(OC(CCCCCCCC)C4CC(=C)C(=O)O4)cc3)cc2)cc1. The van der Waals surface area contributed by atoms with Crippen molar-refractivity contribution in [2.24, 2.45) is 0 Å². The normalized spacial score (nSPS) is 15.2. The zero-order valence-corrected chi connectivity index (χ0v) is 28.0. The van der Waals surface area contributed by atoms with Crippen LogP contribution in [0.2, 0.25) is 0 Å². The van der Waals surface area contributed by atoms with E-state index in [2.05, 4.69) is 20.1 Å². The molecule has 0 N–H and O–H groups in total. The van der Waals surface area contributed by atoms with Crippen molar-refractivity contribution in [3.8, 4) is 28.4 Å². The third kappa shape index (κ3) is 10.9. The van der Waals surface area contributed by atoms with Crippen molar-refractivity contribution >= 4 is 17.9 Å². The van der Waals surface area contributed by atoms with E-state index >= 15 is 0 Å². The molecule has 0 amide bonds. The molecule has 0 spiro atoms. The zero-order valence-electron chi connectivity index (χ0n) is 28.0. The summed E-state index contributed by atoms with van der Waals surface area (Å²) in [5.41, 5.74) is 2.72. The van der Waals surface area contributed by atoms with Gasteiger partial charge in [-0.2, -0.15) is 0 Å². The fourth-order valence-corrected chi connectivity index (χ4v) is 5.40. The summed E-state index contributed by atoms with van der Waals surface area (Å²) in [4.78, 5) is 36.5. The molecule has 1 aliphatic rings. The van der Waals surface area contributed by atoms with Crippen molar-refractivity contribution in [2.75, 3.05) is 0 Å². The van der Waals surface area contributed by atoms with Gasteiger partial charge in [0.1, 0.15) is 29.5 Å². The number of ether oxygens (including phenoxy) is 5. The predicted octanol–water partition coefficient (Wildman–Crippen LogP) is 9.18. The van der Waals surface area contributed by atoms with Gasteiger partial charge in [0.25, 0.3) is 0 Å². The molecule has 3 unspecified atom stereocenters. The Bertz CT molecular complexity index is 1490. The fourth-order valence-electron chi connectivity index (χ4n) is 5.40. The van der Waals surface area contributed by atoms with Crippen LogP contribution in [-0.2, 0) is 19.1 Å². The maximum absolute atomic E-state index is 12.9. The second-order valence-electron chi connectivity index (χ2n) is 11.9. The molecule has 3 aromatic carbocycles. The van der Waals surface area contributed by atoms with E-state index in [1.807, 2.05) is 43.3 Å². The highest BCUT2D eigenvalue weighted by molar-refractivity contribution is 5.91. The quantitative estimate of drug-likeness (QED) is 0.0415. The van der Waals surface area contributed by atoms with Gasteiger partial charge >= 0.3 is 17.9 Å². The van der Waals surface area contributed by atoms with Gasteiger partial charge in [0.2, 0.25) is 6.29 Å². The maximum atomic E-state index is 12.9. The van der Waals surface area contributed by atoms with Crippen LogP contribution in [0, 0.1) is 0 Å². The molecule has 0 aromatic heterocycles. The van der Waals surface area contributed by atoms with E-state index in [0.29, 0.717) is 41.2 Å². The lowest BCUT2D eigenvalue weighted by molar-refractivity contribution is -0.158. The van der Waals surface area contributed by atoms with Crippen LogP contribution in [0.15, 0.2) is 97.6 Å². The Morgan fingerprint density at radius 1 is 0.792 bits per heavy atom. The third-order valence-electron chi connectivity index (χ3n) is 8.09. The Labute approximate surface area is 283 Å². The summed E-state index contributed by atoms with van der Waals surface area (Å²) >= 11 is 0.